The highest BCUT2D eigenvalue weighted by molar-refractivity contribution is 6.06. The van der Waals surface area contributed by atoms with Gasteiger partial charge >= 0.3 is 6.03 Å². The molecule has 29 heavy (non-hydrogen) atoms. The summed E-state index contributed by atoms with van der Waals surface area (Å²) in [5, 5.41) is 9.24. The Morgan fingerprint density at radius 2 is 1.76 bits per heavy atom. The first-order valence-electron chi connectivity index (χ1n) is 9.14. The van der Waals surface area contributed by atoms with Crippen LogP contribution in [0.1, 0.15) is 0 Å². The monoisotopic (exact) mass is 403 g/mol. The molecule has 7 nitrogen and oxygen atoms in total. The Bertz CT molecular complexity index is 924. The molecule has 2 fully saturated rings. The van der Waals surface area contributed by atoms with Gasteiger partial charge in [0.05, 0.1) is 12.3 Å². The summed E-state index contributed by atoms with van der Waals surface area (Å²) in [5.74, 6) is -1.02. The summed E-state index contributed by atoms with van der Waals surface area (Å²) < 4.78 is 33.3. The van der Waals surface area contributed by atoms with Crippen LogP contribution in [0.3, 0.4) is 0 Å². The number of nitrogens with zero attached hydrogens (tertiary/aromatic N) is 3. The number of benzene rings is 2. The van der Waals surface area contributed by atoms with E-state index in [0.29, 0.717) is 24.2 Å². The van der Waals surface area contributed by atoms with Gasteiger partial charge in [-0.15, -0.1) is 0 Å². The molecule has 2 amide bonds. The number of urea groups is 1. The van der Waals surface area contributed by atoms with Gasteiger partial charge < -0.3 is 14.7 Å². The standard InChI is InChI=1S/C20H19F2N3O4/c21-13-1-3-14(4-2-13)23-7-8-24(20(23)28)18-6-5-15(9-17(18)22)25-10-16(11-26)29-19(25)12-27/h1-6,9,12,16,19,26H,7-8,10-11H2. The Hall–Kier alpha value is -3.04. The fraction of sp³-hybridized carbons (Fsp3) is 0.300. The number of aliphatic hydroxyl groups is 1. The van der Waals surface area contributed by atoms with Gasteiger partial charge in [0.15, 0.2) is 12.5 Å². The van der Waals surface area contributed by atoms with E-state index in [4.69, 9.17) is 4.74 Å². The van der Waals surface area contributed by atoms with Crippen LogP contribution in [0.15, 0.2) is 42.5 Å². The molecule has 2 saturated heterocycles. The molecule has 1 N–H and O–H groups in total. The van der Waals surface area contributed by atoms with Crippen molar-refractivity contribution in [3.63, 3.8) is 0 Å². The number of hydrogen-bond acceptors (Lipinski definition) is 5. The van der Waals surface area contributed by atoms with Gasteiger partial charge in [0.2, 0.25) is 0 Å². The van der Waals surface area contributed by atoms with Crippen LogP contribution in [0.2, 0.25) is 0 Å². The second-order valence-electron chi connectivity index (χ2n) is 6.82. The number of aliphatic hydroxyl groups excluding tert-OH is 1. The van der Waals surface area contributed by atoms with E-state index in [1.165, 1.54) is 46.2 Å². The summed E-state index contributed by atoms with van der Waals surface area (Å²) in [4.78, 5) is 28.3. The Morgan fingerprint density at radius 1 is 1.07 bits per heavy atom. The predicted molar refractivity (Wildman–Crippen MR) is 102 cm³/mol. The van der Waals surface area contributed by atoms with Crippen molar-refractivity contribution in [2.45, 2.75) is 12.3 Å². The number of ether oxygens (including phenoxy) is 1. The number of amides is 2. The maximum atomic E-state index is 14.9. The third-order valence-corrected chi connectivity index (χ3v) is 5.06. The summed E-state index contributed by atoms with van der Waals surface area (Å²) in [6.45, 7) is 0.627. The third-order valence-electron chi connectivity index (χ3n) is 5.06. The zero-order valence-electron chi connectivity index (χ0n) is 15.4. The second kappa shape index (κ2) is 7.76. The number of halogens is 2. The number of hydrogen-bond donors (Lipinski definition) is 1. The Kier molecular flexibility index (Phi) is 5.16. The van der Waals surface area contributed by atoms with Crippen LogP contribution < -0.4 is 14.7 Å². The van der Waals surface area contributed by atoms with Gasteiger partial charge in [-0.3, -0.25) is 14.6 Å². The summed E-state index contributed by atoms with van der Waals surface area (Å²) in [7, 11) is 0. The molecule has 2 atom stereocenters. The lowest BCUT2D eigenvalue weighted by atomic mass is 10.2. The van der Waals surface area contributed by atoms with Crippen molar-refractivity contribution < 1.29 is 28.2 Å². The van der Waals surface area contributed by atoms with Gasteiger partial charge in [0.1, 0.15) is 17.7 Å². The molecule has 0 spiro atoms. The van der Waals surface area contributed by atoms with E-state index in [9.17, 15) is 23.5 Å². The quantitative estimate of drug-likeness (QED) is 0.775. The number of rotatable bonds is 5. The fourth-order valence-corrected chi connectivity index (χ4v) is 3.61. The Balaban J connectivity index is 1.55. The van der Waals surface area contributed by atoms with Crippen LogP contribution in [-0.4, -0.2) is 56.0 Å². The average Bonchev–Trinajstić information content (AvgIpc) is 3.32. The van der Waals surface area contributed by atoms with Gasteiger partial charge in [-0.05, 0) is 42.5 Å². The van der Waals surface area contributed by atoms with Crippen molar-refractivity contribution in [3.05, 3.63) is 54.1 Å². The number of carbonyl (C=O) groups excluding carboxylic acids is 2. The highest BCUT2D eigenvalue weighted by Gasteiger charge is 2.35. The van der Waals surface area contributed by atoms with Crippen LogP contribution >= 0.6 is 0 Å². The number of anilines is 3. The second-order valence-corrected chi connectivity index (χ2v) is 6.82. The highest BCUT2D eigenvalue weighted by Crippen LogP contribution is 2.31. The van der Waals surface area contributed by atoms with Crippen molar-refractivity contribution >= 4 is 29.4 Å². The maximum absolute atomic E-state index is 14.9. The van der Waals surface area contributed by atoms with E-state index < -0.39 is 30.0 Å². The summed E-state index contributed by atoms with van der Waals surface area (Å²) in [6, 6.07) is 9.45. The van der Waals surface area contributed by atoms with Crippen molar-refractivity contribution in [2.75, 3.05) is 40.9 Å². The zero-order chi connectivity index (χ0) is 20.5. The molecule has 0 aromatic heterocycles. The molecule has 0 bridgehead atoms. The van der Waals surface area contributed by atoms with Gasteiger partial charge in [0, 0.05) is 31.0 Å². The van der Waals surface area contributed by atoms with Crippen LogP contribution in [-0.2, 0) is 9.53 Å². The lowest BCUT2D eigenvalue weighted by Crippen LogP contribution is -2.33. The molecule has 0 saturated carbocycles. The van der Waals surface area contributed by atoms with Crippen molar-refractivity contribution in [3.8, 4) is 0 Å². The molecule has 2 aromatic rings. The van der Waals surface area contributed by atoms with Crippen molar-refractivity contribution in [2.24, 2.45) is 0 Å². The molecule has 0 aliphatic carbocycles. The van der Waals surface area contributed by atoms with Gasteiger partial charge in [0.25, 0.3) is 0 Å². The van der Waals surface area contributed by atoms with Gasteiger partial charge in [-0.1, -0.05) is 0 Å². The SMILES string of the molecule is O=CC1OC(CO)CN1c1ccc(N2CCN(c3ccc(F)cc3)C2=O)c(F)c1. The molecule has 4 rings (SSSR count). The first-order chi connectivity index (χ1) is 14.0. The van der Waals surface area contributed by atoms with Gasteiger partial charge in [-0.2, -0.15) is 0 Å². The molecule has 2 heterocycles. The van der Waals surface area contributed by atoms with E-state index in [1.807, 2.05) is 0 Å². The van der Waals surface area contributed by atoms with E-state index in [-0.39, 0.29) is 25.4 Å². The van der Waals surface area contributed by atoms with Crippen molar-refractivity contribution in [1.29, 1.82) is 0 Å². The zero-order valence-corrected chi connectivity index (χ0v) is 15.4. The maximum Gasteiger partial charge on any atom is 0.329 e. The minimum absolute atomic E-state index is 0.116. The molecule has 2 unspecified atom stereocenters. The molecular formula is C20H19F2N3O4. The molecule has 9 heteroatoms. The van der Waals surface area contributed by atoms with E-state index in [1.54, 1.807) is 11.0 Å². The molecule has 2 aliphatic heterocycles. The molecule has 152 valence electrons. The lowest BCUT2D eigenvalue weighted by molar-refractivity contribution is -0.117. The largest absolute Gasteiger partial charge is 0.394 e. The van der Waals surface area contributed by atoms with E-state index in [0.717, 1.165) is 0 Å². The first-order valence-corrected chi connectivity index (χ1v) is 9.14. The molecule has 2 aromatic carbocycles. The lowest BCUT2D eigenvalue weighted by Gasteiger charge is -2.23. The molecule has 0 radical (unpaired) electrons. The van der Waals surface area contributed by atoms with Gasteiger partial charge in [-0.25, -0.2) is 13.6 Å². The molecular weight excluding hydrogens is 384 g/mol. The topological polar surface area (TPSA) is 73.3 Å². The van der Waals surface area contributed by atoms with E-state index in [2.05, 4.69) is 0 Å². The van der Waals surface area contributed by atoms with Crippen molar-refractivity contribution in [1.82, 2.24) is 0 Å². The normalized spacial score (nSPS) is 21.9. The number of carbonyl (C=O) groups is 2. The smallest absolute Gasteiger partial charge is 0.329 e. The van der Waals surface area contributed by atoms with Crippen LogP contribution in [0.25, 0.3) is 0 Å². The minimum Gasteiger partial charge on any atom is -0.394 e. The number of aldehydes is 1. The predicted octanol–water partition coefficient (Wildman–Crippen LogP) is 2.13. The van der Waals surface area contributed by atoms with Crippen LogP contribution in [0.4, 0.5) is 30.6 Å². The van der Waals surface area contributed by atoms with E-state index >= 15 is 0 Å². The first kappa shape index (κ1) is 19.3. The minimum atomic E-state index is -0.903. The fourth-order valence-electron chi connectivity index (χ4n) is 3.61. The average molecular weight is 403 g/mol. The van der Waals surface area contributed by atoms with Crippen LogP contribution in [0, 0.1) is 11.6 Å². The summed E-state index contributed by atoms with van der Waals surface area (Å²) in [6.07, 6.45) is -0.844. The molecule has 2 aliphatic rings. The Labute approximate surface area is 165 Å². The summed E-state index contributed by atoms with van der Waals surface area (Å²) in [5.41, 5.74) is 1.07. The summed E-state index contributed by atoms with van der Waals surface area (Å²) >= 11 is 0. The Morgan fingerprint density at radius 3 is 2.41 bits per heavy atom. The van der Waals surface area contributed by atoms with Crippen LogP contribution in [0.5, 0.6) is 0 Å². The third kappa shape index (κ3) is 3.54. The highest BCUT2D eigenvalue weighted by atomic mass is 19.1.